The highest BCUT2D eigenvalue weighted by atomic mass is 16.5. The van der Waals surface area contributed by atoms with Gasteiger partial charge in [0, 0.05) is 5.56 Å². The molecule has 0 unspecified atom stereocenters. The summed E-state index contributed by atoms with van der Waals surface area (Å²) in [7, 11) is 2.94. The molecular weight excluding hydrogens is 354 g/mol. The fourth-order valence-electron chi connectivity index (χ4n) is 2.81. The summed E-state index contributed by atoms with van der Waals surface area (Å²) in [5.74, 6) is 0.525. The van der Waals surface area contributed by atoms with Gasteiger partial charge in [0.05, 0.1) is 14.2 Å². The minimum Gasteiger partial charge on any atom is -0.496 e. The van der Waals surface area contributed by atoms with Crippen molar-refractivity contribution in [3.05, 3.63) is 70.3 Å². The Morgan fingerprint density at radius 2 is 1.82 bits per heavy atom. The lowest BCUT2D eigenvalue weighted by molar-refractivity contribution is 0.0595. The highest BCUT2D eigenvalue weighted by molar-refractivity contribution is 5.99. The van der Waals surface area contributed by atoms with Gasteiger partial charge in [-0.1, -0.05) is 54.1 Å². The molecule has 2 rings (SSSR count). The third kappa shape index (κ3) is 5.24. The Bertz CT molecular complexity index is 866. The molecule has 0 radical (unpaired) electrons. The van der Waals surface area contributed by atoms with Crippen molar-refractivity contribution in [1.29, 1.82) is 0 Å². The van der Waals surface area contributed by atoms with Crippen LogP contribution in [0.2, 0.25) is 0 Å². The Morgan fingerprint density at radius 3 is 2.39 bits per heavy atom. The zero-order valence-corrected chi connectivity index (χ0v) is 16.8. The molecule has 148 valence electrons. The first-order valence-electron chi connectivity index (χ1n) is 9.03. The lowest BCUT2D eigenvalue weighted by Crippen LogP contribution is -2.15. The highest BCUT2D eigenvalue weighted by Crippen LogP contribution is 2.37. The van der Waals surface area contributed by atoms with E-state index in [0.717, 1.165) is 16.7 Å². The predicted octanol–water partition coefficient (Wildman–Crippen LogP) is 4.46. The molecule has 0 amide bonds. The molecule has 0 fully saturated rings. The zero-order chi connectivity index (χ0) is 20.5. The van der Waals surface area contributed by atoms with Gasteiger partial charge in [0.1, 0.15) is 23.8 Å². The van der Waals surface area contributed by atoms with E-state index in [-0.39, 0.29) is 6.73 Å². The molecule has 0 aromatic heterocycles. The molecule has 2 aromatic carbocycles. The van der Waals surface area contributed by atoms with Crippen molar-refractivity contribution in [3.8, 4) is 11.5 Å². The molecule has 0 aliphatic carbocycles. The second-order valence-electron chi connectivity index (χ2n) is 6.38. The molecule has 0 aliphatic heterocycles. The van der Waals surface area contributed by atoms with Gasteiger partial charge >= 0.3 is 5.97 Å². The van der Waals surface area contributed by atoms with Crippen molar-refractivity contribution >= 4 is 18.1 Å². The average molecular weight is 381 g/mol. The molecule has 5 heteroatoms. The van der Waals surface area contributed by atoms with E-state index in [1.165, 1.54) is 7.11 Å². The van der Waals surface area contributed by atoms with Crippen LogP contribution in [0.1, 0.15) is 40.9 Å². The lowest BCUT2D eigenvalue weighted by Gasteiger charge is -2.19. The molecule has 28 heavy (non-hydrogen) atoms. The number of hydrogen-bond donors (Lipinski definition) is 1. The van der Waals surface area contributed by atoms with Crippen LogP contribution in [0.15, 0.2) is 48.0 Å². The maximum atomic E-state index is 12.6. The Hall–Kier alpha value is -3.05. The Morgan fingerprint density at radius 1 is 1.11 bits per heavy atom. The van der Waals surface area contributed by atoms with Crippen LogP contribution in [0.25, 0.3) is 12.2 Å². The standard InChI is InChI=1S/C23H27NO4/c1-16(2)10-13-19-20(26-3)14-18(12-11-17-8-6-5-7-9-17)21(23(25)27-4)22(19)28-15-24/h5-12,14H,13,15,24H2,1-4H3. The third-order valence-electron chi connectivity index (χ3n) is 4.18. The maximum absolute atomic E-state index is 12.6. The quantitative estimate of drug-likeness (QED) is 0.316. The van der Waals surface area contributed by atoms with Crippen LogP contribution >= 0.6 is 0 Å². The van der Waals surface area contributed by atoms with E-state index >= 15 is 0 Å². The number of nitrogens with two attached hydrogens (primary N) is 1. The minimum atomic E-state index is -0.489. The number of hydrogen-bond acceptors (Lipinski definition) is 5. The molecular formula is C23H27NO4. The van der Waals surface area contributed by atoms with E-state index in [9.17, 15) is 4.79 Å². The fourth-order valence-corrected chi connectivity index (χ4v) is 2.81. The van der Waals surface area contributed by atoms with E-state index in [0.29, 0.717) is 29.0 Å². The molecule has 2 aromatic rings. The van der Waals surface area contributed by atoms with Gasteiger partial charge in [-0.25, -0.2) is 4.79 Å². The Kier molecular flexibility index (Phi) is 7.84. The summed E-state index contributed by atoms with van der Waals surface area (Å²) < 4.78 is 16.3. The van der Waals surface area contributed by atoms with Crippen molar-refractivity contribution in [2.45, 2.75) is 20.3 Å². The second-order valence-corrected chi connectivity index (χ2v) is 6.38. The van der Waals surface area contributed by atoms with Gasteiger partial charge in [0.25, 0.3) is 0 Å². The van der Waals surface area contributed by atoms with Crippen LogP contribution in [0.5, 0.6) is 11.5 Å². The summed E-state index contributed by atoms with van der Waals surface area (Å²) in [6.07, 6.45) is 6.36. The molecule has 0 bridgehead atoms. The minimum absolute atomic E-state index is 0.0686. The number of benzene rings is 2. The van der Waals surface area contributed by atoms with E-state index in [2.05, 4.69) is 0 Å². The monoisotopic (exact) mass is 381 g/mol. The first-order valence-corrected chi connectivity index (χ1v) is 9.03. The first kappa shape index (κ1) is 21.3. The molecule has 0 heterocycles. The number of methoxy groups -OCH3 is 2. The van der Waals surface area contributed by atoms with E-state index in [4.69, 9.17) is 19.9 Å². The number of allylic oxidation sites excluding steroid dienone is 2. The molecule has 0 saturated carbocycles. The van der Waals surface area contributed by atoms with Crippen molar-refractivity contribution < 1.29 is 19.0 Å². The van der Waals surface area contributed by atoms with Crippen LogP contribution in [0, 0.1) is 0 Å². The average Bonchev–Trinajstić information content (AvgIpc) is 2.71. The molecule has 0 atom stereocenters. The first-order chi connectivity index (χ1) is 13.5. The van der Waals surface area contributed by atoms with Gasteiger partial charge in [-0.2, -0.15) is 0 Å². The van der Waals surface area contributed by atoms with Crippen LogP contribution in [0.4, 0.5) is 0 Å². The topological polar surface area (TPSA) is 70.8 Å². The van der Waals surface area contributed by atoms with Gasteiger partial charge in [0.15, 0.2) is 0 Å². The van der Waals surface area contributed by atoms with Gasteiger partial charge < -0.3 is 14.2 Å². The van der Waals surface area contributed by atoms with Gasteiger partial charge in [0.2, 0.25) is 0 Å². The highest BCUT2D eigenvalue weighted by Gasteiger charge is 2.24. The third-order valence-corrected chi connectivity index (χ3v) is 4.18. The number of carbonyl (C=O) groups is 1. The molecule has 0 aliphatic rings. The van der Waals surface area contributed by atoms with Gasteiger partial charge in [-0.3, -0.25) is 5.73 Å². The van der Waals surface area contributed by atoms with Crippen molar-refractivity contribution in [1.82, 2.24) is 0 Å². The summed E-state index contributed by atoms with van der Waals surface area (Å²) in [5, 5.41) is 0. The van der Waals surface area contributed by atoms with Crippen molar-refractivity contribution in [3.63, 3.8) is 0 Å². The number of rotatable bonds is 8. The fraction of sp³-hybridized carbons (Fsp3) is 0.261. The summed E-state index contributed by atoms with van der Waals surface area (Å²) in [6, 6.07) is 11.6. The normalized spacial score (nSPS) is 10.6. The van der Waals surface area contributed by atoms with Crippen LogP contribution < -0.4 is 15.2 Å². The zero-order valence-electron chi connectivity index (χ0n) is 16.8. The molecule has 0 saturated heterocycles. The van der Waals surface area contributed by atoms with E-state index in [1.54, 1.807) is 7.11 Å². The second kappa shape index (κ2) is 10.3. The summed E-state index contributed by atoms with van der Waals surface area (Å²) in [6.45, 7) is 3.95. The van der Waals surface area contributed by atoms with Crippen molar-refractivity contribution in [2.24, 2.45) is 5.73 Å². The summed E-state index contributed by atoms with van der Waals surface area (Å²) in [4.78, 5) is 12.6. The smallest absolute Gasteiger partial charge is 0.342 e. The van der Waals surface area contributed by atoms with Crippen LogP contribution in [-0.2, 0) is 11.2 Å². The van der Waals surface area contributed by atoms with Gasteiger partial charge in [-0.15, -0.1) is 0 Å². The molecule has 2 N–H and O–H groups in total. The van der Waals surface area contributed by atoms with Crippen LogP contribution in [0.3, 0.4) is 0 Å². The summed E-state index contributed by atoms with van der Waals surface area (Å²) >= 11 is 0. The summed E-state index contributed by atoms with van der Waals surface area (Å²) in [5.41, 5.74) is 9.53. The van der Waals surface area contributed by atoms with E-state index < -0.39 is 5.97 Å². The number of esters is 1. The maximum Gasteiger partial charge on any atom is 0.342 e. The Labute approximate surface area is 166 Å². The van der Waals surface area contributed by atoms with Gasteiger partial charge in [-0.05, 0) is 37.5 Å². The SMILES string of the molecule is COC(=O)c1c(C=Cc2ccccc2)cc(OC)c(CC=C(C)C)c1OCN. The Balaban J connectivity index is 2.69. The predicted molar refractivity (Wildman–Crippen MR) is 113 cm³/mol. The van der Waals surface area contributed by atoms with Crippen LogP contribution in [-0.4, -0.2) is 26.9 Å². The molecule has 0 spiro atoms. The lowest BCUT2D eigenvalue weighted by atomic mass is 9.97. The largest absolute Gasteiger partial charge is 0.496 e. The number of carbonyl (C=O) groups excluding carboxylic acids is 1. The number of ether oxygens (including phenoxy) is 3. The van der Waals surface area contributed by atoms with E-state index in [1.807, 2.05) is 68.5 Å². The van der Waals surface area contributed by atoms with Crippen molar-refractivity contribution in [2.75, 3.05) is 21.0 Å². The molecule has 5 nitrogen and oxygen atoms in total.